The van der Waals surface area contributed by atoms with Crippen LogP contribution in [0.5, 0.6) is 0 Å². The smallest absolute Gasteiger partial charge is 0.111 e. The zero-order chi connectivity index (χ0) is 11.5. The number of halogens is 1. The van der Waals surface area contributed by atoms with Gasteiger partial charge in [-0.2, -0.15) is 0 Å². The van der Waals surface area contributed by atoms with Gasteiger partial charge in [-0.15, -0.1) is 0 Å². The minimum Gasteiger partial charge on any atom is -0.386 e. The molecule has 1 unspecified atom stereocenters. The van der Waals surface area contributed by atoms with Gasteiger partial charge in [-0.1, -0.05) is 11.6 Å². The number of aliphatic hydroxyl groups excluding tert-OH is 1. The SMILES string of the molecule is Cn1ccnc1CC(O)c1ncccc1Cl. The van der Waals surface area contributed by atoms with Gasteiger partial charge in [-0.05, 0) is 12.1 Å². The molecule has 0 saturated heterocycles. The van der Waals surface area contributed by atoms with Crippen LogP contribution in [0.4, 0.5) is 0 Å². The van der Waals surface area contributed by atoms with Crippen LogP contribution in [-0.2, 0) is 13.5 Å². The maximum atomic E-state index is 10.00. The van der Waals surface area contributed by atoms with Gasteiger partial charge in [0, 0.05) is 32.1 Å². The molecule has 1 N–H and O–H groups in total. The van der Waals surface area contributed by atoms with Crippen LogP contribution in [0.3, 0.4) is 0 Å². The molecule has 0 saturated carbocycles. The topological polar surface area (TPSA) is 50.9 Å². The molecule has 0 aliphatic carbocycles. The Morgan fingerprint density at radius 2 is 2.25 bits per heavy atom. The number of aliphatic hydroxyl groups is 1. The van der Waals surface area contributed by atoms with E-state index in [1.807, 2.05) is 17.8 Å². The fourth-order valence-electron chi connectivity index (χ4n) is 1.51. The Kier molecular flexibility index (Phi) is 3.22. The lowest BCUT2D eigenvalue weighted by Crippen LogP contribution is -2.08. The van der Waals surface area contributed by atoms with Gasteiger partial charge >= 0.3 is 0 Å². The predicted octanol–water partition coefficient (Wildman–Crippen LogP) is 1.74. The molecule has 2 heterocycles. The number of pyridine rings is 1. The summed E-state index contributed by atoms with van der Waals surface area (Å²) >= 11 is 5.95. The second-order valence-electron chi connectivity index (χ2n) is 3.54. The second-order valence-corrected chi connectivity index (χ2v) is 3.95. The summed E-state index contributed by atoms with van der Waals surface area (Å²) in [5.41, 5.74) is 0.493. The highest BCUT2D eigenvalue weighted by Gasteiger charge is 2.15. The fourth-order valence-corrected chi connectivity index (χ4v) is 1.75. The molecule has 84 valence electrons. The highest BCUT2D eigenvalue weighted by atomic mass is 35.5. The zero-order valence-electron chi connectivity index (χ0n) is 8.84. The van der Waals surface area contributed by atoms with Gasteiger partial charge in [0.1, 0.15) is 11.9 Å². The first-order chi connectivity index (χ1) is 7.68. The fraction of sp³-hybridized carbons (Fsp3) is 0.273. The average Bonchev–Trinajstić information content (AvgIpc) is 2.65. The van der Waals surface area contributed by atoms with Crippen LogP contribution in [0.25, 0.3) is 0 Å². The summed E-state index contributed by atoms with van der Waals surface area (Å²) in [4.78, 5) is 8.21. The first kappa shape index (κ1) is 11.1. The third-order valence-electron chi connectivity index (χ3n) is 2.40. The Morgan fingerprint density at radius 3 is 2.88 bits per heavy atom. The van der Waals surface area contributed by atoms with Crippen molar-refractivity contribution in [3.63, 3.8) is 0 Å². The van der Waals surface area contributed by atoms with Crippen molar-refractivity contribution in [3.8, 4) is 0 Å². The second kappa shape index (κ2) is 4.63. The van der Waals surface area contributed by atoms with Gasteiger partial charge in [-0.25, -0.2) is 4.98 Å². The maximum absolute atomic E-state index is 10.00. The van der Waals surface area contributed by atoms with Crippen molar-refractivity contribution in [2.24, 2.45) is 7.05 Å². The van der Waals surface area contributed by atoms with Crippen LogP contribution in [0.2, 0.25) is 5.02 Å². The summed E-state index contributed by atoms with van der Waals surface area (Å²) in [7, 11) is 1.88. The summed E-state index contributed by atoms with van der Waals surface area (Å²) in [6.07, 6.45) is 4.82. The van der Waals surface area contributed by atoms with Crippen LogP contribution in [0.15, 0.2) is 30.7 Å². The Labute approximate surface area is 98.5 Å². The Morgan fingerprint density at radius 1 is 1.44 bits per heavy atom. The van der Waals surface area contributed by atoms with E-state index in [0.717, 1.165) is 5.82 Å². The highest BCUT2D eigenvalue weighted by Crippen LogP contribution is 2.22. The van der Waals surface area contributed by atoms with Crippen molar-refractivity contribution in [3.05, 3.63) is 47.3 Å². The van der Waals surface area contributed by atoms with Crippen LogP contribution in [0, 0.1) is 0 Å². The molecular formula is C11H12ClN3O. The largest absolute Gasteiger partial charge is 0.386 e. The van der Waals surface area contributed by atoms with Crippen molar-refractivity contribution in [2.45, 2.75) is 12.5 Å². The molecule has 0 aliphatic rings. The zero-order valence-corrected chi connectivity index (χ0v) is 9.59. The molecule has 1 atom stereocenters. The molecule has 16 heavy (non-hydrogen) atoms. The normalized spacial score (nSPS) is 12.7. The number of hydrogen-bond acceptors (Lipinski definition) is 3. The van der Waals surface area contributed by atoms with Crippen molar-refractivity contribution in [2.75, 3.05) is 0 Å². The van der Waals surface area contributed by atoms with E-state index in [2.05, 4.69) is 9.97 Å². The lowest BCUT2D eigenvalue weighted by molar-refractivity contribution is 0.170. The first-order valence-corrected chi connectivity index (χ1v) is 5.31. The van der Waals surface area contributed by atoms with Gasteiger partial charge in [0.15, 0.2) is 0 Å². The number of hydrogen-bond donors (Lipinski definition) is 1. The van der Waals surface area contributed by atoms with Crippen LogP contribution in [-0.4, -0.2) is 19.6 Å². The number of imidazole rings is 1. The van der Waals surface area contributed by atoms with E-state index in [1.54, 1.807) is 24.5 Å². The molecule has 2 rings (SSSR count). The minimum atomic E-state index is -0.727. The molecule has 0 spiro atoms. The van der Waals surface area contributed by atoms with Crippen molar-refractivity contribution >= 4 is 11.6 Å². The Bertz CT molecular complexity index is 484. The lowest BCUT2D eigenvalue weighted by atomic mass is 10.1. The predicted molar refractivity (Wildman–Crippen MR) is 61.1 cm³/mol. The third kappa shape index (κ3) is 2.23. The molecule has 2 aromatic rings. The van der Waals surface area contributed by atoms with E-state index in [9.17, 15) is 5.11 Å². The molecule has 0 aromatic carbocycles. The van der Waals surface area contributed by atoms with Gasteiger partial charge < -0.3 is 9.67 Å². The molecule has 4 nitrogen and oxygen atoms in total. The lowest BCUT2D eigenvalue weighted by Gasteiger charge is -2.11. The molecule has 0 amide bonds. The summed E-state index contributed by atoms with van der Waals surface area (Å²) in [6, 6.07) is 3.45. The highest BCUT2D eigenvalue weighted by molar-refractivity contribution is 6.31. The summed E-state index contributed by atoms with van der Waals surface area (Å²) in [5, 5.41) is 10.5. The van der Waals surface area contributed by atoms with E-state index < -0.39 is 6.10 Å². The Hall–Kier alpha value is -1.39. The summed E-state index contributed by atoms with van der Waals surface area (Å²) in [5.74, 6) is 0.800. The summed E-state index contributed by atoms with van der Waals surface area (Å²) in [6.45, 7) is 0. The van der Waals surface area contributed by atoms with Crippen LogP contribution >= 0.6 is 11.6 Å². The van der Waals surface area contributed by atoms with E-state index in [-0.39, 0.29) is 0 Å². The number of nitrogens with zero attached hydrogens (tertiary/aromatic N) is 3. The quantitative estimate of drug-likeness (QED) is 0.885. The van der Waals surface area contributed by atoms with Gasteiger partial charge in [0.25, 0.3) is 0 Å². The molecule has 0 fully saturated rings. The van der Waals surface area contributed by atoms with E-state index >= 15 is 0 Å². The standard InChI is InChI=1S/C11H12ClN3O/c1-15-6-5-13-10(15)7-9(16)11-8(12)3-2-4-14-11/h2-6,9,16H,7H2,1H3. The van der Waals surface area contributed by atoms with E-state index in [0.29, 0.717) is 17.1 Å². The molecule has 5 heteroatoms. The van der Waals surface area contributed by atoms with Crippen molar-refractivity contribution in [1.82, 2.24) is 14.5 Å². The third-order valence-corrected chi connectivity index (χ3v) is 2.72. The van der Waals surface area contributed by atoms with E-state index in [4.69, 9.17) is 11.6 Å². The van der Waals surface area contributed by atoms with Crippen molar-refractivity contribution < 1.29 is 5.11 Å². The number of aromatic nitrogens is 3. The average molecular weight is 238 g/mol. The van der Waals surface area contributed by atoms with Crippen LogP contribution < -0.4 is 0 Å². The molecule has 0 radical (unpaired) electrons. The Balaban J connectivity index is 2.18. The number of rotatable bonds is 3. The van der Waals surface area contributed by atoms with E-state index in [1.165, 1.54) is 0 Å². The summed E-state index contributed by atoms with van der Waals surface area (Å²) < 4.78 is 1.86. The number of aryl methyl sites for hydroxylation is 1. The van der Waals surface area contributed by atoms with Crippen molar-refractivity contribution in [1.29, 1.82) is 0 Å². The first-order valence-electron chi connectivity index (χ1n) is 4.93. The molecule has 0 aliphatic heterocycles. The van der Waals surface area contributed by atoms with Gasteiger partial charge in [0.2, 0.25) is 0 Å². The van der Waals surface area contributed by atoms with Gasteiger partial charge in [0.05, 0.1) is 10.7 Å². The molecule has 2 aromatic heterocycles. The maximum Gasteiger partial charge on any atom is 0.111 e. The van der Waals surface area contributed by atoms with Crippen LogP contribution in [0.1, 0.15) is 17.6 Å². The molecule has 0 bridgehead atoms. The van der Waals surface area contributed by atoms with Gasteiger partial charge in [-0.3, -0.25) is 4.98 Å². The molecular weight excluding hydrogens is 226 g/mol. The monoisotopic (exact) mass is 237 g/mol. The minimum absolute atomic E-state index is 0.403.